The molecule has 0 rings (SSSR count). The van der Waals surface area contributed by atoms with E-state index in [9.17, 15) is 14.4 Å². The van der Waals surface area contributed by atoms with E-state index >= 15 is 0 Å². The van der Waals surface area contributed by atoms with Crippen molar-refractivity contribution in [1.82, 2.24) is 0 Å². The van der Waals surface area contributed by atoms with Gasteiger partial charge in [-0.2, -0.15) is 0 Å². The Morgan fingerprint density at radius 3 is 1.00 bits per heavy atom. The predicted octanol–water partition coefficient (Wildman–Crippen LogP) is 17.1. The van der Waals surface area contributed by atoms with Gasteiger partial charge in [0.05, 0.1) is 0 Å². The molecule has 0 aliphatic carbocycles. The van der Waals surface area contributed by atoms with Crippen LogP contribution in [0.1, 0.15) is 201 Å². The molecule has 6 nitrogen and oxygen atoms in total. The first-order chi connectivity index (χ1) is 32.0. The maximum absolute atomic E-state index is 12.7. The van der Waals surface area contributed by atoms with E-state index in [1.807, 2.05) is 12.2 Å². The zero-order valence-electron chi connectivity index (χ0n) is 41.4. The standard InChI is InChI=1S/C59H92O6/c1-4-7-10-13-16-18-20-22-24-26-28-29-31-32-34-36-38-40-43-46-49-52-58(61)64-55-56(54-63-57(60)51-48-45-42-15-12-9-6-3)65-59(62)53-50-47-44-41-39-37-35-33-30-27-25-23-21-19-17-14-11-8-5-2/h7-8,10-11,16-19,22-25,28-30,32-34,37,39,44,47,56H,4-6,9,12-15,20-21,26-27,31,35-36,38,40-43,45-46,48-55H2,1-3H3/b10-7-,11-8-,18-16-,19-17-,24-22-,25-23-,29-28-,33-30-,34-32-,39-37-,47-44-. The van der Waals surface area contributed by atoms with Crippen LogP contribution >= 0.6 is 0 Å². The molecule has 0 aromatic carbocycles. The van der Waals surface area contributed by atoms with E-state index in [2.05, 4.69) is 142 Å². The van der Waals surface area contributed by atoms with Crippen LogP contribution in [0.25, 0.3) is 0 Å². The summed E-state index contributed by atoms with van der Waals surface area (Å²) >= 11 is 0. The van der Waals surface area contributed by atoms with Crippen LogP contribution in [0.3, 0.4) is 0 Å². The molecule has 0 aromatic heterocycles. The summed E-state index contributed by atoms with van der Waals surface area (Å²) < 4.78 is 16.6. The van der Waals surface area contributed by atoms with Crippen LogP contribution in [0, 0.1) is 0 Å². The van der Waals surface area contributed by atoms with Gasteiger partial charge in [-0.25, -0.2) is 0 Å². The average Bonchev–Trinajstić information content (AvgIpc) is 3.30. The molecular weight excluding hydrogens is 805 g/mol. The fourth-order valence-electron chi connectivity index (χ4n) is 6.37. The largest absolute Gasteiger partial charge is 0.462 e. The van der Waals surface area contributed by atoms with Gasteiger partial charge in [-0.3, -0.25) is 14.4 Å². The molecule has 0 aromatic rings. The molecule has 0 saturated carbocycles. The van der Waals surface area contributed by atoms with Crippen LogP contribution < -0.4 is 0 Å². The van der Waals surface area contributed by atoms with E-state index in [0.29, 0.717) is 19.3 Å². The Kier molecular flexibility index (Phi) is 48.6. The van der Waals surface area contributed by atoms with Crippen molar-refractivity contribution in [1.29, 1.82) is 0 Å². The summed E-state index contributed by atoms with van der Waals surface area (Å²) in [5.74, 6) is -1.04. The van der Waals surface area contributed by atoms with E-state index < -0.39 is 12.1 Å². The van der Waals surface area contributed by atoms with Gasteiger partial charge in [-0.1, -0.05) is 212 Å². The SMILES string of the molecule is CC/C=C\C/C=C\C/C=C\C/C=C\C/C=C\C/C=C\CCC(=O)OC(COC(=O)CCCCCCC/C=C\C/C=C\C/C=C\C/C=C\C/C=C\CC)COC(=O)CCCCCCCCC. The van der Waals surface area contributed by atoms with Crippen molar-refractivity contribution in [3.05, 3.63) is 134 Å². The second-order valence-corrected chi connectivity index (χ2v) is 16.3. The topological polar surface area (TPSA) is 78.9 Å². The molecule has 364 valence electrons. The van der Waals surface area contributed by atoms with E-state index in [1.165, 1.54) is 25.7 Å². The molecule has 0 saturated heterocycles. The number of ether oxygens (including phenoxy) is 3. The molecule has 0 aliphatic heterocycles. The smallest absolute Gasteiger partial charge is 0.306 e. The fraction of sp³-hybridized carbons (Fsp3) is 0.576. The van der Waals surface area contributed by atoms with Crippen molar-refractivity contribution in [3.8, 4) is 0 Å². The highest BCUT2D eigenvalue weighted by Crippen LogP contribution is 2.12. The Morgan fingerprint density at radius 2 is 0.631 bits per heavy atom. The molecule has 1 unspecified atom stereocenters. The van der Waals surface area contributed by atoms with Gasteiger partial charge in [-0.15, -0.1) is 0 Å². The third-order valence-corrected chi connectivity index (χ3v) is 10.2. The number of carbonyl (C=O) groups is 3. The maximum Gasteiger partial charge on any atom is 0.306 e. The number of rotatable bonds is 44. The first-order valence-electron chi connectivity index (χ1n) is 25.7. The van der Waals surface area contributed by atoms with Crippen LogP contribution in [0.5, 0.6) is 0 Å². The highest BCUT2D eigenvalue weighted by Gasteiger charge is 2.19. The Hall–Kier alpha value is -4.45. The molecule has 0 aliphatic rings. The number of unbranched alkanes of at least 4 members (excludes halogenated alkanes) is 11. The van der Waals surface area contributed by atoms with E-state index in [0.717, 1.165) is 128 Å². The summed E-state index contributed by atoms with van der Waals surface area (Å²) in [4.78, 5) is 37.8. The average molecular weight is 897 g/mol. The van der Waals surface area contributed by atoms with Gasteiger partial charge in [-0.05, 0) is 103 Å². The molecule has 0 N–H and O–H groups in total. The lowest BCUT2D eigenvalue weighted by Crippen LogP contribution is -2.30. The first-order valence-corrected chi connectivity index (χ1v) is 25.7. The quantitative estimate of drug-likeness (QED) is 0.0262. The molecule has 0 bridgehead atoms. The number of hydrogen-bond acceptors (Lipinski definition) is 6. The van der Waals surface area contributed by atoms with Gasteiger partial charge in [0.15, 0.2) is 6.10 Å². The van der Waals surface area contributed by atoms with Crippen LogP contribution in [0.4, 0.5) is 0 Å². The summed E-state index contributed by atoms with van der Waals surface area (Å²) in [7, 11) is 0. The summed E-state index contributed by atoms with van der Waals surface area (Å²) in [5, 5.41) is 0. The fourth-order valence-corrected chi connectivity index (χ4v) is 6.37. The van der Waals surface area contributed by atoms with E-state index in [-0.39, 0.29) is 31.6 Å². The van der Waals surface area contributed by atoms with Crippen molar-refractivity contribution < 1.29 is 28.6 Å². The third kappa shape index (κ3) is 50.4. The van der Waals surface area contributed by atoms with Crippen molar-refractivity contribution in [2.75, 3.05) is 13.2 Å². The Morgan fingerprint density at radius 1 is 0.323 bits per heavy atom. The lowest BCUT2D eigenvalue weighted by Gasteiger charge is -2.18. The van der Waals surface area contributed by atoms with E-state index in [1.54, 1.807) is 0 Å². The zero-order chi connectivity index (χ0) is 47.2. The number of hydrogen-bond donors (Lipinski definition) is 0. The summed E-state index contributed by atoms with van der Waals surface area (Å²) in [6, 6.07) is 0. The van der Waals surface area contributed by atoms with Gasteiger partial charge in [0.1, 0.15) is 13.2 Å². The minimum atomic E-state index is -0.828. The van der Waals surface area contributed by atoms with Gasteiger partial charge < -0.3 is 14.2 Å². The van der Waals surface area contributed by atoms with Crippen molar-refractivity contribution in [2.45, 2.75) is 207 Å². The summed E-state index contributed by atoms with van der Waals surface area (Å²) in [5.41, 5.74) is 0. The second-order valence-electron chi connectivity index (χ2n) is 16.3. The van der Waals surface area contributed by atoms with Crippen LogP contribution in [0.15, 0.2) is 134 Å². The first kappa shape index (κ1) is 60.6. The van der Waals surface area contributed by atoms with Crippen molar-refractivity contribution in [2.24, 2.45) is 0 Å². The molecule has 6 heteroatoms. The zero-order valence-corrected chi connectivity index (χ0v) is 41.4. The normalized spacial score (nSPS) is 13.2. The third-order valence-electron chi connectivity index (χ3n) is 10.2. The minimum absolute atomic E-state index is 0.119. The Bertz CT molecular complexity index is 1450. The second kappa shape index (κ2) is 52.2. The van der Waals surface area contributed by atoms with Crippen molar-refractivity contribution in [3.63, 3.8) is 0 Å². The molecule has 0 heterocycles. The highest BCUT2D eigenvalue weighted by molar-refractivity contribution is 5.71. The molecule has 1 atom stereocenters. The number of allylic oxidation sites excluding steroid dienone is 22. The summed E-state index contributed by atoms with van der Waals surface area (Å²) in [6.07, 6.45) is 73.2. The summed E-state index contributed by atoms with van der Waals surface area (Å²) in [6.45, 7) is 6.26. The molecule has 0 fully saturated rings. The van der Waals surface area contributed by atoms with Crippen LogP contribution in [-0.2, 0) is 28.6 Å². The monoisotopic (exact) mass is 897 g/mol. The molecule has 0 amide bonds. The van der Waals surface area contributed by atoms with Gasteiger partial charge in [0.25, 0.3) is 0 Å². The molecule has 0 spiro atoms. The maximum atomic E-state index is 12.7. The van der Waals surface area contributed by atoms with Gasteiger partial charge >= 0.3 is 17.9 Å². The Labute approximate surface area is 398 Å². The van der Waals surface area contributed by atoms with Crippen LogP contribution in [0.2, 0.25) is 0 Å². The molecular formula is C59H92O6. The van der Waals surface area contributed by atoms with Crippen molar-refractivity contribution >= 4 is 17.9 Å². The number of esters is 3. The molecule has 0 radical (unpaired) electrons. The lowest BCUT2D eigenvalue weighted by molar-refractivity contribution is -0.166. The number of carbonyl (C=O) groups excluding carboxylic acids is 3. The Balaban J connectivity index is 4.44. The predicted molar refractivity (Wildman–Crippen MR) is 279 cm³/mol. The highest BCUT2D eigenvalue weighted by atomic mass is 16.6. The lowest BCUT2D eigenvalue weighted by atomic mass is 10.1. The van der Waals surface area contributed by atoms with E-state index in [4.69, 9.17) is 14.2 Å². The van der Waals surface area contributed by atoms with Crippen LogP contribution in [-0.4, -0.2) is 37.2 Å². The van der Waals surface area contributed by atoms with Gasteiger partial charge in [0.2, 0.25) is 0 Å². The van der Waals surface area contributed by atoms with Gasteiger partial charge in [0, 0.05) is 19.3 Å². The minimum Gasteiger partial charge on any atom is -0.462 e. The molecule has 65 heavy (non-hydrogen) atoms.